The summed E-state index contributed by atoms with van der Waals surface area (Å²) in [6.07, 6.45) is -8.27. The molecular formula is C27H21F6NO3. The minimum absolute atomic E-state index is 0.0476. The average Bonchev–Trinajstić information content (AvgIpc) is 2.85. The Morgan fingerprint density at radius 1 is 0.757 bits per heavy atom. The lowest BCUT2D eigenvalue weighted by atomic mass is 9.78. The van der Waals surface area contributed by atoms with Crippen molar-refractivity contribution in [1.82, 2.24) is 4.90 Å². The number of hydrogen-bond donors (Lipinski definition) is 1. The summed E-state index contributed by atoms with van der Waals surface area (Å²) in [6.45, 7) is 0. The zero-order valence-electron chi connectivity index (χ0n) is 19.3. The van der Waals surface area contributed by atoms with Crippen LogP contribution in [0.5, 0.6) is 0 Å². The monoisotopic (exact) mass is 521 g/mol. The zero-order chi connectivity index (χ0) is 27.4. The summed E-state index contributed by atoms with van der Waals surface area (Å²) < 4.78 is 80.7. The lowest BCUT2D eigenvalue weighted by Gasteiger charge is -2.43. The molecule has 3 rings (SSSR count). The van der Waals surface area contributed by atoms with Crippen LogP contribution in [0, 0.1) is 0 Å². The van der Waals surface area contributed by atoms with Crippen LogP contribution in [0.25, 0.3) is 0 Å². The highest BCUT2D eigenvalue weighted by Gasteiger charge is 2.42. The number of carbonyl (C=O) groups excluding carboxylic acids is 1. The van der Waals surface area contributed by atoms with E-state index in [1.54, 1.807) is 60.7 Å². The van der Waals surface area contributed by atoms with Crippen LogP contribution in [0.15, 0.2) is 91.0 Å². The van der Waals surface area contributed by atoms with Gasteiger partial charge in [-0.05, 0) is 35.7 Å². The number of carboxylic acids is 1. The van der Waals surface area contributed by atoms with Crippen molar-refractivity contribution in [2.24, 2.45) is 0 Å². The van der Waals surface area contributed by atoms with Gasteiger partial charge < -0.3 is 10.0 Å². The number of benzene rings is 3. The molecule has 0 atom stereocenters. The van der Waals surface area contributed by atoms with Gasteiger partial charge in [-0.15, -0.1) is 0 Å². The maximum Gasteiger partial charge on any atom is 0.416 e. The van der Waals surface area contributed by atoms with E-state index < -0.39 is 46.5 Å². The Bertz CT molecular complexity index is 1210. The number of nitrogens with zero attached hydrogens (tertiary/aromatic N) is 1. The Hall–Kier alpha value is -4.08. The van der Waals surface area contributed by atoms with E-state index in [0.29, 0.717) is 23.3 Å². The average molecular weight is 521 g/mol. The first-order valence-corrected chi connectivity index (χ1v) is 10.8. The van der Waals surface area contributed by atoms with E-state index >= 15 is 0 Å². The molecular weight excluding hydrogens is 500 g/mol. The molecule has 3 aromatic carbocycles. The molecule has 0 saturated carbocycles. The first-order valence-electron chi connectivity index (χ1n) is 10.8. The van der Waals surface area contributed by atoms with Crippen LogP contribution >= 0.6 is 0 Å². The van der Waals surface area contributed by atoms with Crippen LogP contribution in [0.4, 0.5) is 26.3 Å². The van der Waals surface area contributed by atoms with E-state index in [0.717, 1.165) is 11.0 Å². The molecule has 0 spiro atoms. The number of amides is 1. The molecule has 0 aromatic heterocycles. The quantitative estimate of drug-likeness (QED) is 0.276. The predicted molar refractivity (Wildman–Crippen MR) is 124 cm³/mol. The third-order valence-corrected chi connectivity index (χ3v) is 5.89. The Morgan fingerprint density at radius 3 is 1.57 bits per heavy atom. The standard InChI is InChI=1S/C27H21F6NO3/c1-34(24(37)18-15-21(26(28,29)30)17-22(16-18)27(31,32)33)25(14-8-13-23(35)36,19-9-4-2-5-10-19)20-11-6-3-7-12-20/h2-13,15-17H,14H2,1H3,(H,35,36). The van der Waals surface area contributed by atoms with E-state index in [4.69, 9.17) is 5.11 Å². The highest BCUT2D eigenvalue weighted by Crippen LogP contribution is 2.41. The lowest BCUT2D eigenvalue weighted by molar-refractivity contribution is -0.143. The summed E-state index contributed by atoms with van der Waals surface area (Å²) in [7, 11) is 1.25. The zero-order valence-corrected chi connectivity index (χ0v) is 19.3. The molecule has 0 aliphatic carbocycles. The molecule has 0 unspecified atom stereocenters. The topological polar surface area (TPSA) is 57.6 Å². The third-order valence-electron chi connectivity index (χ3n) is 5.89. The summed E-state index contributed by atoms with van der Waals surface area (Å²) in [4.78, 5) is 25.9. The minimum atomic E-state index is -5.13. The second-order valence-electron chi connectivity index (χ2n) is 8.20. The van der Waals surface area contributed by atoms with Gasteiger partial charge in [0.25, 0.3) is 5.91 Å². The normalized spacial score (nSPS) is 12.5. The van der Waals surface area contributed by atoms with Crippen molar-refractivity contribution >= 4 is 11.9 Å². The maximum atomic E-state index is 13.6. The molecule has 0 fully saturated rings. The molecule has 0 saturated heterocycles. The number of hydrogen-bond acceptors (Lipinski definition) is 2. The molecule has 0 heterocycles. The van der Waals surface area contributed by atoms with Crippen molar-refractivity contribution < 1.29 is 41.0 Å². The van der Waals surface area contributed by atoms with Crippen molar-refractivity contribution in [3.05, 3.63) is 119 Å². The van der Waals surface area contributed by atoms with Gasteiger partial charge in [-0.3, -0.25) is 4.79 Å². The number of carbonyl (C=O) groups is 2. The first-order chi connectivity index (χ1) is 17.3. The summed E-state index contributed by atoms with van der Waals surface area (Å²) >= 11 is 0. The van der Waals surface area contributed by atoms with Gasteiger partial charge in [-0.2, -0.15) is 26.3 Å². The molecule has 10 heteroatoms. The second kappa shape index (κ2) is 10.5. The van der Waals surface area contributed by atoms with E-state index in [2.05, 4.69) is 0 Å². The van der Waals surface area contributed by atoms with Crippen LogP contribution < -0.4 is 0 Å². The van der Waals surface area contributed by atoms with Gasteiger partial charge in [0.15, 0.2) is 0 Å². The SMILES string of the molecule is CN(C(=O)c1cc(C(F)(F)F)cc(C(F)(F)F)c1)C(CC=CC(=O)O)(c1ccccc1)c1ccccc1. The summed E-state index contributed by atoms with van der Waals surface area (Å²) in [6, 6.07) is 17.2. The Balaban J connectivity index is 2.27. The summed E-state index contributed by atoms with van der Waals surface area (Å²) in [5.41, 5.74) is -4.59. The summed E-state index contributed by atoms with van der Waals surface area (Å²) in [5, 5.41) is 9.11. The van der Waals surface area contributed by atoms with Crippen LogP contribution in [0.2, 0.25) is 0 Å². The molecule has 0 aliphatic heterocycles. The number of halogens is 6. The Labute approximate surface area is 208 Å². The van der Waals surface area contributed by atoms with Crippen molar-refractivity contribution in [1.29, 1.82) is 0 Å². The number of carboxylic acid groups (broad SMARTS) is 1. The predicted octanol–water partition coefficient (Wildman–Crippen LogP) is 6.77. The van der Waals surface area contributed by atoms with Gasteiger partial charge in [-0.1, -0.05) is 66.7 Å². The number of rotatable bonds is 7. The molecule has 0 radical (unpaired) electrons. The number of aliphatic carboxylic acids is 1. The van der Waals surface area contributed by atoms with E-state index in [1.807, 2.05) is 0 Å². The minimum Gasteiger partial charge on any atom is -0.478 e. The highest BCUT2D eigenvalue weighted by atomic mass is 19.4. The van der Waals surface area contributed by atoms with Crippen molar-refractivity contribution in [3.63, 3.8) is 0 Å². The van der Waals surface area contributed by atoms with E-state index in [9.17, 15) is 35.9 Å². The molecule has 1 N–H and O–H groups in total. The fraction of sp³-hybridized carbons (Fsp3) is 0.185. The maximum absolute atomic E-state index is 13.6. The van der Waals surface area contributed by atoms with E-state index in [-0.39, 0.29) is 12.5 Å². The van der Waals surface area contributed by atoms with Crippen LogP contribution in [-0.4, -0.2) is 28.9 Å². The van der Waals surface area contributed by atoms with Gasteiger partial charge in [0.05, 0.1) is 16.7 Å². The van der Waals surface area contributed by atoms with Crippen LogP contribution in [0.1, 0.15) is 39.0 Å². The van der Waals surface area contributed by atoms with Gasteiger partial charge in [0.2, 0.25) is 0 Å². The largest absolute Gasteiger partial charge is 0.478 e. The van der Waals surface area contributed by atoms with Crippen LogP contribution in [0.3, 0.4) is 0 Å². The van der Waals surface area contributed by atoms with E-state index in [1.165, 1.54) is 13.1 Å². The molecule has 0 aliphatic rings. The fourth-order valence-electron chi connectivity index (χ4n) is 4.13. The van der Waals surface area contributed by atoms with Gasteiger partial charge >= 0.3 is 18.3 Å². The van der Waals surface area contributed by atoms with Gasteiger partial charge in [-0.25, -0.2) is 4.79 Å². The van der Waals surface area contributed by atoms with Gasteiger partial charge in [0.1, 0.15) is 0 Å². The molecule has 4 nitrogen and oxygen atoms in total. The molecule has 37 heavy (non-hydrogen) atoms. The fourth-order valence-corrected chi connectivity index (χ4v) is 4.13. The van der Waals surface area contributed by atoms with Crippen molar-refractivity contribution in [2.45, 2.75) is 24.3 Å². The second-order valence-corrected chi connectivity index (χ2v) is 8.20. The Morgan fingerprint density at radius 2 is 1.19 bits per heavy atom. The molecule has 194 valence electrons. The molecule has 3 aromatic rings. The Kier molecular flexibility index (Phi) is 7.80. The van der Waals surface area contributed by atoms with Crippen LogP contribution in [-0.2, 0) is 22.7 Å². The molecule has 0 bridgehead atoms. The highest BCUT2D eigenvalue weighted by molar-refractivity contribution is 5.95. The first kappa shape index (κ1) is 27.5. The number of alkyl halides is 6. The smallest absolute Gasteiger partial charge is 0.416 e. The van der Waals surface area contributed by atoms with Gasteiger partial charge in [0, 0.05) is 18.7 Å². The van der Waals surface area contributed by atoms with Crippen molar-refractivity contribution in [3.8, 4) is 0 Å². The third kappa shape index (κ3) is 6.02. The molecule has 1 amide bonds. The van der Waals surface area contributed by atoms with Crippen molar-refractivity contribution in [2.75, 3.05) is 7.05 Å². The lowest BCUT2D eigenvalue weighted by Crippen LogP contribution is -2.48. The summed E-state index contributed by atoms with van der Waals surface area (Å²) in [5.74, 6) is -2.38.